The van der Waals surface area contributed by atoms with Crippen LogP contribution in [0, 0.1) is 6.92 Å². The average molecular weight is 243 g/mol. The number of hydrogen-bond acceptors (Lipinski definition) is 1. The van der Waals surface area contributed by atoms with E-state index in [1.807, 2.05) is 12.1 Å². The molecule has 0 saturated carbocycles. The molecule has 0 aliphatic rings. The molecule has 1 heterocycles. The molecule has 0 aliphatic carbocycles. The van der Waals surface area contributed by atoms with Crippen LogP contribution in [0.1, 0.15) is 5.76 Å². The quantitative estimate of drug-likeness (QED) is 0.686. The molecule has 1 nitrogen and oxygen atoms in total. The molecule has 0 amide bonds. The second-order valence-corrected chi connectivity index (χ2v) is 17.7. The first kappa shape index (κ1) is 8.18. The Hall–Kier alpha value is 0.0787. The summed E-state index contributed by atoms with van der Waals surface area (Å²) >= 11 is -1.94. The van der Waals surface area contributed by atoms with Crippen molar-refractivity contribution >= 4 is 22.2 Å². The Morgan fingerprint density at radius 2 is 1.90 bits per heavy atom. The van der Waals surface area contributed by atoms with E-state index >= 15 is 0 Å². The van der Waals surface area contributed by atoms with Crippen LogP contribution in [-0.2, 0) is 0 Å². The van der Waals surface area contributed by atoms with Gasteiger partial charge in [0.1, 0.15) is 0 Å². The van der Waals surface area contributed by atoms with Gasteiger partial charge in [-0.25, -0.2) is 0 Å². The predicted molar refractivity (Wildman–Crippen MR) is 45.1 cm³/mol. The van der Waals surface area contributed by atoms with Gasteiger partial charge in [0.05, 0.1) is 0 Å². The topological polar surface area (TPSA) is 13.1 Å². The Labute approximate surface area is 66.3 Å². The molecule has 0 bridgehead atoms. The molecule has 0 aromatic carbocycles. The van der Waals surface area contributed by atoms with Gasteiger partial charge in [0.25, 0.3) is 0 Å². The summed E-state index contributed by atoms with van der Waals surface area (Å²) in [6.45, 7) is 5.44. The van der Waals surface area contributed by atoms with E-state index in [2.05, 4.69) is 14.8 Å². The Morgan fingerprint density at radius 1 is 1.30 bits per heavy atom. The first-order chi connectivity index (χ1) is 4.50. The third-order valence-corrected chi connectivity index (χ3v) is 6.35. The fraction of sp³-hybridized carbons (Fsp3) is 0.375. The number of rotatable bonds is 1. The fourth-order valence-electron chi connectivity index (χ4n) is 0.756. The van der Waals surface area contributed by atoms with Crippen molar-refractivity contribution in [1.82, 2.24) is 0 Å². The molecule has 0 fully saturated rings. The van der Waals surface area contributed by atoms with Crippen LogP contribution in [0.2, 0.25) is 14.8 Å². The van der Waals surface area contributed by atoms with Gasteiger partial charge in [0.2, 0.25) is 0 Å². The van der Waals surface area contributed by atoms with Gasteiger partial charge < -0.3 is 0 Å². The predicted octanol–water partition coefficient (Wildman–Crippen LogP) is 1.88. The van der Waals surface area contributed by atoms with Crippen LogP contribution in [0.3, 0.4) is 0 Å². The van der Waals surface area contributed by atoms with Gasteiger partial charge in [-0.1, -0.05) is 0 Å². The second-order valence-electron chi connectivity index (χ2n) is 3.45. The Bertz CT molecular complexity index is 219. The molecular formula is C8H12OSn. The third-order valence-electron chi connectivity index (χ3n) is 1.37. The van der Waals surface area contributed by atoms with Crippen molar-refractivity contribution in [2.75, 3.05) is 0 Å². The van der Waals surface area contributed by atoms with Crippen molar-refractivity contribution in [3.63, 3.8) is 0 Å². The van der Waals surface area contributed by atoms with E-state index < -0.39 is 18.4 Å². The van der Waals surface area contributed by atoms with Gasteiger partial charge >= 0.3 is 66.2 Å². The summed E-state index contributed by atoms with van der Waals surface area (Å²) in [4.78, 5) is 6.90. The zero-order chi connectivity index (χ0) is 7.78. The molecule has 0 N–H and O–H groups in total. The van der Waals surface area contributed by atoms with E-state index in [-0.39, 0.29) is 0 Å². The van der Waals surface area contributed by atoms with E-state index in [9.17, 15) is 0 Å². The first-order valence-corrected chi connectivity index (χ1v) is 13.3. The van der Waals surface area contributed by atoms with E-state index in [1.54, 1.807) is 0 Å². The van der Waals surface area contributed by atoms with Crippen molar-refractivity contribution in [3.8, 4) is 0 Å². The zero-order valence-corrected chi connectivity index (χ0v) is 9.49. The monoisotopic (exact) mass is 244 g/mol. The van der Waals surface area contributed by atoms with Crippen LogP contribution in [0.4, 0.5) is 0 Å². The molecule has 0 aliphatic heterocycles. The van der Waals surface area contributed by atoms with Gasteiger partial charge in [-0.15, -0.1) is 0 Å². The van der Waals surface area contributed by atoms with Crippen molar-refractivity contribution < 1.29 is 4.42 Å². The first-order valence-electron chi connectivity index (χ1n) is 3.36. The molecule has 1 aromatic heterocycles. The van der Waals surface area contributed by atoms with Crippen LogP contribution in [-0.4, -0.2) is 18.4 Å². The minimum atomic E-state index is -1.94. The summed E-state index contributed by atoms with van der Waals surface area (Å²) in [5.74, 6) is 0.543. The standard InChI is InChI=1S/C5H3O.3CH3.Sn/c1-5-3-2-4-6-5;;;;/h1-3H;3*1H3;. The molecule has 10 heavy (non-hydrogen) atoms. The molecular weight excluding hydrogens is 231 g/mol. The summed E-state index contributed by atoms with van der Waals surface area (Å²) in [6.07, 6.45) is 0. The summed E-state index contributed by atoms with van der Waals surface area (Å²) in [6, 6.07) is 3.84. The summed E-state index contributed by atoms with van der Waals surface area (Å²) in [5.41, 5.74) is 0. The van der Waals surface area contributed by atoms with Crippen molar-refractivity contribution in [1.29, 1.82) is 0 Å². The third kappa shape index (κ3) is 1.78. The molecule has 0 unspecified atom stereocenters. The van der Waals surface area contributed by atoms with Crippen LogP contribution < -0.4 is 3.78 Å². The van der Waals surface area contributed by atoms with Crippen LogP contribution in [0.5, 0.6) is 0 Å². The Balaban J connectivity index is 2.96. The second kappa shape index (κ2) is 2.61. The van der Waals surface area contributed by atoms with Gasteiger partial charge in [-0.05, 0) is 0 Å². The normalized spacial score (nSPS) is 12.0. The van der Waals surface area contributed by atoms with Crippen molar-refractivity contribution in [2.45, 2.75) is 14.8 Å². The Morgan fingerprint density at radius 3 is 2.10 bits per heavy atom. The molecule has 0 atom stereocenters. The molecule has 1 rings (SSSR count). The molecule has 0 spiro atoms. The molecule has 0 saturated heterocycles. The maximum absolute atomic E-state index is 5.44. The van der Waals surface area contributed by atoms with Gasteiger partial charge in [-0.3, -0.25) is 0 Å². The van der Waals surface area contributed by atoms with E-state index in [0.717, 1.165) is 3.78 Å². The number of furan rings is 1. The summed E-state index contributed by atoms with van der Waals surface area (Å²) < 4.78 is 6.46. The van der Waals surface area contributed by atoms with Crippen LogP contribution >= 0.6 is 0 Å². The fourth-order valence-corrected chi connectivity index (χ4v) is 3.63. The van der Waals surface area contributed by atoms with Gasteiger partial charge in [0, 0.05) is 0 Å². The zero-order valence-electron chi connectivity index (χ0n) is 6.64. The van der Waals surface area contributed by atoms with E-state index in [1.165, 1.54) is 0 Å². The van der Waals surface area contributed by atoms with Crippen molar-refractivity contribution in [3.05, 3.63) is 24.8 Å². The van der Waals surface area contributed by atoms with Crippen LogP contribution in [0.25, 0.3) is 0 Å². The van der Waals surface area contributed by atoms with Gasteiger partial charge in [0.15, 0.2) is 0 Å². The SMILES string of the molecule is [CH]c1cc[c]([Sn]([CH3])([CH3])[CH3])o1. The van der Waals surface area contributed by atoms with E-state index in [4.69, 9.17) is 11.3 Å². The van der Waals surface area contributed by atoms with Crippen LogP contribution in [0.15, 0.2) is 16.5 Å². The van der Waals surface area contributed by atoms with Gasteiger partial charge in [-0.2, -0.15) is 0 Å². The van der Waals surface area contributed by atoms with E-state index in [0.29, 0.717) is 5.76 Å². The molecule has 1 aromatic rings. The summed E-state index contributed by atoms with van der Waals surface area (Å²) in [5, 5.41) is 0. The maximum atomic E-state index is 5.44. The minimum absolute atomic E-state index is 0.543. The average Bonchev–Trinajstić information content (AvgIpc) is 2.11. The molecule has 2 heteroatoms. The molecule has 54 valence electrons. The molecule has 2 radical (unpaired) electrons. The van der Waals surface area contributed by atoms with Crippen molar-refractivity contribution in [2.24, 2.45) is 0 Å². The Kier molecular flexibility index (Phi) is 2.13. The summed E-state index contributed by atoms with van der Waals surface area (Å²) in [7, 11) is 0. The number of hydrogen-bond donors (Lipinski definition) is 0.